The number of carbonyl (C=O) groups excluding carboxylic acids is 1. The average molecular weight is 441 g/mol. The molecule has 2 aliphatic rings. The predicted molar refractivity (Wildman–Crippen MR) is 95.1 cm³/mol. The lowest BCUT2D eigenvalue weighted by molar-refractivity contribution is 0.0215. The van der Waals surface area contributed by atoms with Crippen LogP contribution in [0.2, 0.25) is 0 Å². The van der Waals surface area contributed by atoms with Crippen LogP contribution in [0, 0.1) is 23.3 Å². The maximum Gasteiger partial charge on any atom is 0.343 e. The number of ether oxygens (including phenoxy) is 2. The van der Waals surface area contributed by atoms with E-state index in [4.69, 9.17) is 9.47 Å². The van der Waals surface area contributed by atoms with Crippen LogP contribution in [0.1, 0.15) is 27.0 Å². The van der Waals surface area contributed by atoms with Gasteiger partial charge in [0.1, 0.15) is 28.6 Å². The van der Waals surface area contributed by atoms with Gasteiger partial charge in [0.2, 0.25) is 0 Å². The van der Waals surface area contributed by atoms with Crippen LogP contribution in [0.15, 0.2) is 36.4 Å². The Morgan fingerprint density at radius 1 is 0.767 bits per heavy atom. The minimum Gasteiger partial charge on any atom is -0.508 e. The van der Waals surface area contributed by atoms with E-state index in [1.165, 1.54) is 24.3 Å². The van der Waals surface area contributed by atoms with Crippen LogP contribution in [0.3, 0.4) is 0 Å². The lowest BCUT2D eigenvalue weighted by Crippen LogP contribution is -2.34. The Morgan fingerprint density at radius 3 is 1.80 bits per heavy atom. The van der Waals surface area contributed by atoms with E-state index in [0.29, 0.717) is 0 Å². The molecule has 30 heavy (non-hydrogen) atoms. The van der Waals surface area contributed by atoms with Gasteiger partial charge in [-0.1, -0.05) is 0 Å². The zero-order valence-corrected chi connectivity index (χ0v) is 15.3. The lowest BCUT2D eigenvalue weighted by Gasteiger charge is -2.36. The van der Waals surface area contributed by atoms with Gasteiger partial charge in [-0.25, -0.2) is 22.4 Å². The van der Waals surface area contributed by atoms with Crippen molar-refractivity contribution in [2.24, 2.45) is 0 Å². The molecule has 1 spiro atoms. The van der Waals surface area contributed by atoms with Gasteiger partial charge in [0, 0.05) is 23.3 Å². The molecule has 2 heterocycles. The number of hydrogen-bond acceptors (Lipinski definition) is 5. The standard InChI is InChI=1S/C20H8F4O5.ClH/c21-15-13-14(16(22)18(24)17(15)23)20(29-19(13)27)9-3-1-7(25)5-11(9)28-12-6-8(26)2-4-10(12)20;/h1-6,25-26H;1H. The second kappa shape index (κ2) is 6.27. The van der Waals surface area contributed by atoms with E-state index in [2.05, 4.69) is 0 Å². The first-order chi connectivity index (χ1) is 13.8. The number of fused-ring (bicyclic) bond motifs is 6. The van der Waals surface area contributed by atoms with Crippen LogP contribution in [0.4, 0.5) is 17.6 Å². The molecule has 0 fully saturated rings. The molecule has 2 aliphatic heterocycles. The van der Waals surface area contributed by atoms with Gasteiger partial charge >= 0.3 is 5.97 Å². The second-order valence-corrected chi connectivity index (χ2v) is 6.54. The first-order valence-corrected chi connectivity index (χ1v) is 8.20. The van der Waals surface area contributed by atoms with Crippen LogP contribution in [0.25, 0.3) is 0 Å². The predicted octanol–water partition coefficient (Wildman–Crippen LogP) is 4.64. The van der Waals surface area contributed by atoms with Crippen LogP contribution in [-0.2, 0) is 10.3 Å². The summed E-state index contributed by atoms with van der Waals surface area (Å²) in [6.07, 6.45) is 0. The number of phenols is 2. The lowest BCUT2D eigenvalue weighted by atomic mass is 9.77. The summed E-state index contributed by atoms with van der Waals surface area (Å²) < 4.78 is 68.2. The summed E-state index contributed by atoms with van der Waals surface area (Å²) in [5.41, 5.74) is -4.27. The van der Waals surface area contributed by atoms with E-state index in [1.807, 2.05) is 0 Å². The zero-order chi connectivity index (χ0) is 20.7. The monoisotopic (exact) mass is 440 g/mol. The highest BCUT2D eigenvalue weighted by atomic mass is 35.5. The Labute approximate surface area is 171 Å². The summed E-state index contributed by atoms with van der Waals surface area (Å²) in [6, 6.07) is 7.03. The Bertz CT molecular complexity index is 1210. The summed E-state index contributed by atoms with van der Waals surface area (Å²) >= 11 is 0. The molecule has 0 amide bonds. The molecule has 0 aliphatic carbocycles. The first-order valence-electron chi connectivity index (χ1n) is 8.20. The number of halogens is 5. The molecule has 154 valence electrons. The second-order valence-electron chi connectivity index (χ2n) is 6.54. The van der Waals surface area contributed by atoms with Gasteiger partial charge in [0.05, 0.1) is 5.56 Å². The molecule has 2 N–H and O–H groups in total. The first kappa shape index (κ1) is 19.8. The van der Waals surface area contributed by atoms with Crippen molar-refractivity contribution in [1.29, 1.82) is 0 Å². The van der Waals surface area contributed by atoms with Crippen molar-refractivity contribution in [1.82, 2.24) is 0 Å². The zero-order valence-electron chi connectivity index (χ0n) is 14.5. The number of aromatic hydroxyl groups is 2. The number of phenolic OH excluding ortho intramolecular Hbond substituents is 2. The maximum absolute atomic E-state index is 14.9. The van der Waals surface area contributed by atoms with E-state index in [-0.39, 0.29) is 46.5 Å². The Morgan fingerprint density at radius 2 is 1.27 bits per heavy atom. The number of hydrogen-bond donors (Lipinski definition) is 2. The van der Waals surface area contributed by atoms with Gasteiger partial charge in [0.15, 0.2) is 28.9 Å². The molecular formula is C20H9ClF4O5. The molecule has 10 heteroatoms. The maximum atomic E-state index is 14.9. The van der Waals surface area contributed by atoms with Gasteiger partial charge in [0.25, 0.3) is 0 Å². The van der Waals surface area contributed by atoms with Crippen molar-refractivity contribution in [3.63, 3.8) is 0 Å². The molecule has 0 saturated carbocycles. The van der Waals surface area contributed by atoms with Gasteiger partial charge in [-0.15, -0.1) is 12.4 Å². The van der Waals surface area contributed by atoms with Crippen LogP contribution >= 0.6 is 12.4 Å². The van der Waals surface area contributed by atoms with Crippen LogP contribution in [0.5, 0.6) is 23.0 Å². The van der Waals surface area contributed by atoms with Gasteiger partial charge in [-0.05, 0) is 24.3 Å². The van der Waals surface area contributed by atoms with Gasteiger partial charge in [-0.2, -0.15) is 0 Å². The average Bonchev–Trinajstić information content (AvgIpc) is 2.97. The highest BCUT2D eigenvalue weighted by Crippen LogP contribution is 2.58. The van der Waals surface area contributed by atoms with E-state index >= 15 is 0 Å². The molecule has 0 saturated heterocycles. The minimum atomic E-state index is -2.23. The summed E-state index contributed by atoms with van der Waals surface area (Å²) in [5, 5.41) is 19.5. The van der Waals surface area contributed by atoms with Crippen molar-refractivity contribution in [2.75, 3.05) is 0 Å². The Balaban J connectivity index is 0.00000218. The highest BCUT2D eigenvalue weighted by molar-refractivity contribution is 5.97. The molecule has 5 nitrogen and oxygen atoms in total. The van der Waals surface area contributed by atoms with Crippen molar-refractivity contribution in [3.05, 3.63) is 81.9 Å². The van der Waals surface area contributed by atoms with Gasteiger partial charge in [-0.3, -0.25) is 0 Å². The SMILES string of the molecule is Cl.O=C1OC2(c3ccc(O)cc3Oc3cc(O)ccc32)c2c(F)c(F)c(F)c(F)c21. The number of carbonyl (C=O) groups is 1. The van der Waals surface area contributed by atoms with E-state index < -0.39 is 46.0 Å². The Kier molecular flexibility index (Phi) is 4.14. The molecule has 0 unspecified atom stereocenters. The minimum absolute atomic E-state index is 0. The van der Waals surface area contributed by atoms with Crippen molar-refractivity contribution in [2.45, 2.75) is 5.60 Å². The van der Waals surface area contributed by atoms with E-state index in [9.17, 15) is 32.6 Å². The number of rotatable bonds is 0. The Hall–Kier alpha value is -3.46. The van der Waals surface area contributed by atoms with Gasteiger partial charge < -0.3 is 19.7 Å². The number of benzene rings is 3. The quantitative estimate of drug-likeness (QED) is 0.230. The fourth-order valence-corrected chi connectivity index (χ4v) is 3.81. The van der Waals surface area contributed by atoms with Crippen molar-refractivity contribution in [3.8, 4) is 23.0 Å². The fraction of sp³-hybridized carbons (Fsp3) is 0.0500. The normalized spacial score (nSPS) is 14.9. The molecule has 3 aromatic rings. The largest absolute Gasteiger partial charge is 0.508 e. The molecule has 5 rings (SSSR count). The third-order valence-electron chi connectivity index (χ3n) is 4.98. The molecular weight excluding hydrogens is 432 g/mol. The van der Waals surface area contributed by atoms with Crippen LogP contribution in [-0.4, -0.2) is 16.2 Å². The molecule has 0 bridgehead atoms. The van der Waals surface area contributed by atoms with E-state index in [0.717, 1.165) is 12.1 Å². The smallest absolute Gasteiger partial charge is 0.343 e. The summed E-state index contributed by atoms with van der Waals surface area (Å²) in [5.74, 6) is -10.1. The molecule has 0 atom stereocenters. The third-order valence-corrected chi connectivity index (χ3v) is 4.98. The fourth-order valence-electron chi connectivity index (χ4n) is 3.81. The van der Waals surface area contributed by atoms with Crippen molar-refractivity contribution < 1.29 is 42.0 Å². The third kappa shape index (κ3) is 2.26. The topological polar surface area (TPSA) is 76.0 Å². The highest BCUT2D eigenvalue weighted by Gasteiger charge is 2.57. The summed E-state index contributed by atoms with van der Waals surface area (Å²) in [4.78, 5) is 12.5. The van der Waals surface area contributed by atoms with E-state index in [1.54, 1.807) is 0 Å². The number of esters is 1. The molecule has 3 aromatic carbocycles. The van der Waals surface area contributed by atoms with Crippen LogP contribution < -0.4 is 4.74 Å². The summed E-state index contributed by atoms with van der Waals surface area (Å²) in [7, 11) is 0. The molecule has 0 aromatic heterocycles. The van der Waals surface area contributed by atoms with Crippen molar-refractivity contribution >= 4 is 18.4 Å². The molecule has 0 radical (unpaired) electrons. The summed E-state index contributed by atoms with van der Waals surface area (Å²) in [6.45, 7) is 0.